The predicted octanol–water partition coefficient (Wildman–Crippen LogP) is 4.73. The number of H-pyrrole nitrogens is 1. The quantitative estimate of drug-likeness (QED) is 0.471. The number of benzene rings is 1. The van der Waals surface area contributed by atoms with Crippen LogP contribution >= 0.6 is 11.6 Å². The summed E-state index contributed by atoms with van der Waals surface area (Å²) in [5, 5.41) is 1.61. The lowest BCUT2D eigenvalue weighted by Crippen LogP contribution is -2.14. The number of nitrogens with zero attached hydrogens (tertiary/aromatic N) is 3. The number of imidazole rings is 1. The lowest BCUT2D eigenvalue weighted by atomic mass is 10.3. The molecule has 118 valence electrons. The summed E-state index contributed by atoms with van der Waals surface area (Å²) >= 11 is 5.64. The molecule has 4 aromatic rings. The highest BCUT2D eigenvalue weighted by Crippen LogP contribution is 2.26. The van der Waals surface area contributed by atoms with Crippen molar-refractivity contribution in [1.29, 1.82) is 0 Å². The molecule has 3 heterocycles. The van der Waals surface area contributed by atoms with Gasteiger partial charge in [0.1, 0.15) is 17.1 Å². The Balaban J connectivity index is 0.000000140. The number of hydrogen-bond donors (Lipinski definition) is 1. The van der Waals surface area contributed by atoms with Crippen molar-refractivity contribution >= 4 is 33.7 Å². The second-order valence-electron chi connectivity index (χ2n) is 4.62. The Hall–Kier alpha value is -2.54. The van der Waals surface area contributed by atoms with Crippen LogP contribution in [0.4, 0.5) is 13.2 Å². The molecule has 0 atom stereocenters. The van der Waals surface area contributed by atoms with Gasteiger partial charge in [-0.05, 0) is 30.3 Å². The van der Waals surface area contributed by atoms with Crippen LogP contribution in [-0.4, -0.2) is 19.5 Å². The Kier molecular flexibility index (Phi) is 3.96. The summed E-state index contributed by atoms with van der Waals surface area (Å²) in [5.41, 5.74) is 1.27. The van der Waals surface area contributed by atoms with Crippen LogP contribution in [0.5, 0.6) is 0 Å². The number of nitrogens with one attached hydrogen (secondary N) is 1. The molecular formula is C15H10ClF3N4. The minimum Gasteiger partial charge on any atom is -0.346 e. The summed E-state index contributed by atoms with van der Waals surface area (Å²) in [6.07, 6.45) is -1.77. The molecule has 8 heteroatoms. The summed E-state index contributed by atoms with van der Waals surface area (Å²) in [6.45, 7) is 0. The molecule has 0 radical (unpaired) electrons. The first-order valence-corrected chi connectivity index (χ1v) is 6.92. The van der Waals surface area contributed by atoms with Crippen molar-refractivity contribution in [2.75, 3.05) is 0 Å². The number of hydrogen-bond acceptors (Lipinski definition) is 2. The molecule has 23 heavy (non-hydrogen) atoms. The Morgan fingerprint density at radius 1 is 1.04 bits per heavy atom. The second-order valence-corrected chi connectivity index (χ2v) is 5.01. The first-order chi connectivity index (χ1) is 10.9. The Morgan fingerprint density at radius 3 is 2.61 bits per heavy atom. The van der Waals surface area contributed by atoms with Crippen LogP contribution in [0, 0.1) is 0 Å². The van der Waals surface area contributed by atoms with Crippen LogP contribution in [-0.2, 0) is 6.30 Å². The number of pyridine rings is 1. The fourth-order valence-electron chi connectivity index (χ4n) is 2.07. The third-order valence-electron chi connectivity index (χ3n) is 3.10. The monoisotopic (exact) mass is 338 g/mol. The zero-order chi connectivity index (χ0) is 16.4. The molecule has 0 bridgehead atoms. The third-order valence-corrected chi connectivity index (χ3v) is 3.31. The summed E-state index contributed by atoms with van der Waals surface area (Å²) in [5.74, 6) is 0. The lowest BCUT2D eigenvalue weighted by Gasteiger charge is -2.07. The van der Waals surface area contributed by atoms with Crippen LogP contribution in [0.25, 0.3) is 22.1 Å². The predicted molar refractivity (Wildman–Crippen MR) is 82.1 cm³/mol. The van der Waals surface area contributed by atoms with Gasteiger partial charge in [-0.25, -0.2) is 14.5 Å². The average molecular weight is 339 g/mol. The van der Waals surface area contributed by atoms with Gasteiger partial charge in [0.15, 0.2) is 0 Å². The van der Waals surface area contributed by atoms with Gasteiger partial charge in [0.05, 0.1) is 11.0 Å². The Morgan fingerprint density at radius 2 is 1.83 bits per heavy atom. The SMILES string of the molecule is Clc1ccc2cc[nH]c2n1.FC(F)(F)n1cnc2ccccc21. The molecule has 0 aliphatic carbocycles. The largest absolute Gasteiger partial charge is 0.490 e. The van der Waals surface area contributed by atoms with Gasteiger partial charge in [-0.1, -0.05) is 23.7 Å². The number of fused-ring (bicyclic) bond motifs is 2. The average Bonchev–Trinajstić information content (AvgIpc) is 3.13. The zero-order valence-corrected chi connectivity index (χ0v) is 12.3. The minimum atomic E-state index is -4.39. The first-order valence-electron chi connectivity index (χ1n) is 6.54. The molecule has 0 aliphatic rings. The van der Waals surface area contributed by atoms with Crippen LogP contribution in [0.1, 0.15) is 0 Å². The summed E-state index contributed by atoms with van der Waals surface area (Å²) in [4.78, 5) is 10.6. The smallest absolute Gasteiger partial charge is 0.346 e. The van der Waals surface area contributed by atoms with Gasteiger partial charge in [0.2, 0.25) is 0 Å². The molecular weight excluding hydrogens is 329 g/mol. The van der Waals surface area contributed by atoms with E-state index in [1.165, 1.54) is 12.1 Å². The van der Waals surface area contributed by atoms with E-state index in [0.717, 1.165) is 17.4 Å². The maximum atomic E-state index is 12.3. The van der Waals surface area contributed by atoms with E-state index in [2.05, 4.69) is 15.0 Å². The van der Waals surface area contributed by atoms with Gasteiger partial charge in [-0.3, -0.25) is 0 Å². The summed E-state index contributed by atoms with van der Waals surface area (Å²) in [6, 6.07) is 11.8. The molecule has 4 nitrogen and oxygen atoms in total. The number of aromatic amines is 1. The molecule has 1 aromatic carbocycles. The van der Waals surface area contributed by atoms with E-state index in [9.17, 15) is 13.2 Å². The standard InChI is InChI=1S/C8H5F3N2.C7H5ClN2/c9-8(10,11)13-5-12-6-3-1-2-4-7(6)13;8-6-2-1-5-3-4-9-7(5)10-6/h1-5H;1-4H,(H,9,10). The number of alkyl halides is 3. The van der Waals surface area contributed by atoms with E-state index >= 15 is 0 Å². The van der Waals surface area contributed by atoms with Crippen LogP contribution < -0.4 is 0 Å². The fourth-order valence-corrected chi connectivity index (χ4v) is 2.22. The van der Waals surface area contributed by atoms with Crippen molar-refractivity contribution in [2.45, 2.75) is 6.30 Å². The van der Waals surface area contributed by atoms with E-state index in [0.29, 0.717) is 10.7 Å². The molecule has 0 amide bonds. The summed E-state index contributed by atoms with van der Waals surface area (Å²) < 4.78 is 37.0. The van der Waals surface area contributed by atoms with Crippen molar-refractivity contribution in [2.24, 2.45) is 0 Å². The molecule has 0 spiro atoms. The normalized spacial score (nSPS) is 11.5. The van der Waals surface area contributed by atoms with Gasteiger partial charge >= 0.3 is 6.30 Å². The van der Waals surface area contributed by atoms with Gasteiger partial charge in [-0.15, -0.1) is 13.2 Å². The number of halogens is 4. The molecule has 0 unspecified atom stereocenters. The van der Waals surface area contributed by atoms with Gasteiger partial charge < -0.3 is 4.98 Å². The highest BCUT2D eigenvalue weighted by Gasteiger charge is 2.31. The zero-order valence-electron chi connectivity index (χ0n) is 11.5. The van der Waals surface area contributed by atoms with E-state index in [1.807, 2.05) is 18.3 Å². The highest BCUT2D eigenvalue weighted by atomic mass is 35.5. The van der Waals surface area contributed by atoms with Crippen molar-refractivity contribution in [3.63, 3.8) is 0 Å². The second kappa shape index (κ2) is 5.92. The van der Waals surface area contributed by atoms with Gasteiger partial charge in [0, 0.05) is 11.6 Å². The molecule has 0 aliphatic heterocycles. The molecule has 1 N–H and O–H groups in total. The first kappa shape index (κ1) is 15.4. The van der Waals surface area contributed by atoms with E-state index in [1.54, 1.807) is 18.2 Å². The third kappa shape index (κ3) is 3.29. The number of para-hydroxylation sites is 2. The summed E-state index contributed by atoms with van der Waals surface area (Å²) in [7, 11) is 0. The van der Waals surface area contributed by atoms with Gasteiger partial charge in [0.25, 0.3) is 0 Å². The van der Waals surface area contributed by atoms with E-state index in [-0.39, 0.29) is 10.1 Å². The highest BCUT2D eigenvalue weighted by molar-refractivity contribution is 6.29. The molecule has 3 aromatic heterocycles. The fraction of sp³-hybridized carbons (Fsp3) is 0.0667. The van der Waals surface area contributed by atoms with Crippen LogP contribution in [0.2, 0.25) is 5.15 Å². The Labute approximate surface area is 133 Å². The van der Waals surface area contributed by atoms with E-state index < -0.39 is 6.30 Å². The maximum absolute atomic E-state index is 12.3. The van der Waals surface area contributed by atoms with Crippen molar-refractivity contribution in [3.8, 4) is 0 Å². The van der Waals surface area contributed by atoms with E-state index in [4.69, 9.17) is 11.6 Å². The maximum Gasteiger partial charge on any atom is 0.490 e. The van der Waals surface area contributed by atoms with Crippen molar-refractivity contribution in [1.82, 2.24) is 19.5 Å². The molecule has 4 rings (SSSR count). The van der Waals surface area contributed by atoms with Crippen molar-refractivity contribution < 1.29 is 13.2 Å². The van der Waals surface area contributed by atoms with Crippen molar-refractivity contribution in [3.05, 3.63) is 60.1 Å². The molecule has 0 fully saturated rings. The molecule has 0 saturated heterocycles. The molecule has 0 saturated carbocycles. The van der Waals surface area contributed by atoms with Gasteiger partial charge in [-0.2, -0.15) is 0 Å². The van der Waals surface area contributed by atoms with Crippen LogP contribution in [0.3, 0.4) is 0 Å². The lowest BCUT2D eigenvalue weighted by molar-refractivity contribution is -0.201. The number of aromatic nitrogens is 4. The van der Waals surface area contributed by atoms with Crippen LogP contribution in [0.15, 0.2) is 55.0 Å². The Bertz CT molecular complexity index is 942. The number of rotatable bonds is 0. The topological polar surface area (TPSA) is 46.5 Å². The minimum absolute atomic E-state index is 0.0787.